The Morgan fingerprint density at radius 1 is 1.23 bits per heavy atom. The maximum Gasteiger partial charge on any atom is 0.263 e. The van der Waals surface area contributed by atoms with Gasteiger partial charge in [0.1, 0.15) is 11.5 Å². The average Bonchev–Trinajstić information content (AvgIpc) is 3.25. The standard InChI is InChI=1S/C20H20N4O6S/c1-28-14-9-7-13(8-10-14)19-22-18(30-23-19)11-21-20(25)17-12-24(31(2,26)27)15-5-3-4-6-16(15)29-17/h3-10,17H,11-12H2,1-2H3,(H,21,25)/t17-/m0/s1. The molecule has 1 N–H and O–H groups in total. The highest BCUT2D eigenvalue weighted by Crippen LogP contribution is 2.34. The number of carbonyl (C=O) groups is 1. The number of anilines is 1. The van der Waals surface area contributed by atoms with E-state index >= 15 is 0 Å². The fourth-order valence-electron chi connectivity index (χ4n) is 3.11. The van der Waals surface area contributed by atoms with Gasteiger partial charge >= 0.3 is 0 Å². The molecule has 1 aromatic heterocycles. The van der Waals surface area contributed by atoms with Gasteiger partial charge in [0.25, 0.3) is 5.91 Å². The van der Waals surface area contributed by atoms with Crippen molar-refractivity contribution < 1.29 is 27.2 Å². The molecule has 0 unspecified atom stereocenters. The molecule has 0 fully saturated rings. The molecular weight excluding hydrogens is 424 g/mol. The van der Waals surface area contributed by atoms with Crippen LogP contribution in [0.1, 0.15) is 5.89 Å². The first-order chi connectivity index (χ1) is 14.8. The van der Waals surface area contributed by atoms with Gasteiger partial charge in [-0.25, -0.2) is 8.42 Å². The van der Waals surface area contributed by atoms with Crippen molar-refractivity contribution in [3.63, 3.8) is 0 Å². The van der Waals surface area contributed by atoms with E-state index in [0.717, 1.165) is 16.1 Å². The largest absolute Gasteiger partial charge is 0.497 e. The molecule has 4 rings (SSSR count). The summed E-state index contributed by atoms with van der Waals surface area (Å²) in [7, 11) is -2.00. The van der Waals surface area contributed by atoms with E-state index in [0.29, 0.717) is 23.0 Å². The number of benzene rings is 2. The number of methoxy groups -OCH3 is 1. The van der Waals surface area contributed by atoms with Crippen LogP contribution in [0.2, 0.25) is 0 Å². The van der Waals surface area contributed by atoms with E-state index in [1.807, 2.05) is 0 Å². The third-order valence-corrected chi connectivity index (χ3v) is 5.80. The highest BCUT2D eigenvalue weighted by molar-refractivity contribution is 7.92. The smallest absolute Gasteiger partial charge is 0.263 e. The van der Waals surface area contributed by atoms with Crippen molar-refractivity contribution in [2.75, 3.05) is 24.2 Å². The van der Waals surface area contributed by atoms with Gasteiger partial charge in [0.2, 0.25) is 21.7 Å². The van der Waals surface area contributed by atoms with Crippen LogP contribution in [0.15, 0.2) is 53.1 Å². The minimum Gasteiger partial charge on any atom is -0.497 e. The molecule has 1 amide bonds. The quantitative estimate of drug-likeness (QED) is 0.608. The first-order valence-corrected chi connectivity index (χ1v) is 11.2. The molecule has 2 heterocycles. The fourth-order valence-corrected chi connectivity index (χ4v) is 4.03. The van der Waals surface area contributed by atoms with Crippen molar-refractivity contribution in [2.24, 2.45) is 0 Å². The zero-order chi connectivity index (χ0) is 22.0. The molecule has 0 bridgehead atoms. The zero-order valence-electron chi connectivity index (χ0n) is 16.8. The van der Waals surface area contributed by atoms with Gasteiger partial charge in [-0.3, -0.25) is 9.10 Å². The summed E-state index contributed by atoms with van der Waals surface area (Å²) in [6, 6.07) is 13.8. The Morgan fingerprint density at radius 2 is 1.97 bits per heavy atom. The lowest BCUT2D eigenvalue weighted by Gasteiger charge is -2.33. The molecule has 2 aromatic carbocycles. The summed E-state index contributed by atoms with van der Waals surface area (Å²) in [4.78, 5) is 16.9. The van der Waals surface area contributed by atoms with Gasteiger partial charge in [0.05, 0.1) is 32.1 Å². The predicted octanol–water partition coefficient (Wildman–Crippen LogP) is 1.59. The summed E-state index contributed by atoms with van der Waals surface area (Å²) in [5.41, 5.74) is 1.13. The summed E-state index contributed by atoms with van der Waals surface area (Å²) >= 11 is 0. The van der Waals surface area contributed by atoms with Gasteiger partial charge in [0.15, 0.2) is 6.10 Å². The summed E-state index contributed by atoms with van der Waals surface area (Å²) in [6.07, 6.45) is 0.0667. The maximum absolute atomic E-state index is 12.6. The van der Waals surface area contributed by atoms with E-state index in [2.05, 4.69) is 15.5 Å². The third-order valence-electron chi connectivity index (χ3n) is 4.66. The highest BCUT2D eigenvalue weighted by Gasteiger charge is 2.34. The first-order valence-electron chi connectivity index (χ1n) is 9.33. The molecule has 1 aliphatic heterocycles. The third kappa shape index (κ3) is 4.45. The van der Waals surface area contributed by atoms with Crippen LogP contribution in [0.5, 0.6) is 11.5 Å². The summed E-state index contributed by atoms with van der Waals surface area (Å²) in [6.45, 7) is -0.162. The van der Waals surface area contributed by atoms with E-state index in [4.69, 9.17) is 14.0 Å². The van der Waals surface area contributed by atoms with Gasteiger partial charge < -0.3 is 19.3 Å². The van der Waals surface area contributed by atoms with E-state index < -0.39 is 22.0 Å². The van der Waals surface area contributed by atoms with Gasteiger partial charge in [0, 0.05) is 5.56 Å². The lowest BCUT2D eigenvalue weighted by atomic mass is 10.2. The molecule has 0 radical (unpaired) electrons. The van der Waals surface area contributed by atoms with Crippen LogP contribution >= 0.6 is 0 Å². The number of hydrogen-bond donors (Lipinski definition) is 1. The molecular formula is C20H20N4O6S. The maximum atomic E-state index is 12.6. The number of carbonyl (C=O) groups excluding carboxylic acids is 1. The molecule has 162 valence electrons. The van der Waals surface area contributed by atoms with Crippen molar-refractivity contribution in [3.05, 3.63) is 54.4 Å². The topological polar surface area (TPSA) is 124 Å². The van der Waals surface area contributed by atoms with Crippen molar-refractivity contribution in [3.8, 4) is 22.9 Å². The first kappa shape index (κ1) is 20.7. The van der Waals surface area contributed by atoms with Crippen molar-refractivity contribution in [1.29, 1.82) is 0 Å². The van der Waals surface area contributed by atoms with E-state index in [9.17, 15) is 13.2 Å². The second-order valence-corrected chi connectivity index (χ2v) is 8.73. The highest BCUT2D eigenvalue weighted by atomic mass is 32.2. The Morgan fingerprint density at radius 3 is 2.68 bits per heavy atom. The van der Waals surface area contributed by atoms with Crippen LogP contribution < -0.4 is 19.1 Å². The monoisotopic (exact) mass is 444 g/mol. The van der Waals surface area contributed by atoms with Crippen LogP contribution in [0.25, 0.3) is 11.4 Å². The Balaban J connectivity index is 1.43. The minimum atomic E-state index is -3.58. The van der Waals surface area contributed by atoms with E-state index in [-0.39, 0.29) is 19.0 Å². The van der Waals surface area contributed by atoms with Crippen molar-refractivity contribution in [2.45, 2.75) is 12.6 Å². The molecule has 11 heteroatoms. The molecule has 10 nitrogen and oxygen atoms in total. The van der Waals surface area contributed by atoms with Crippen LogP contribution in [-0.2, 0) is 21.4 Å². The van der Waals surface area contributed by atoms with Gasteiger partial charge in [-0.2, -0.15) is 4.98 Å². The van der Waals surface area contributed by atoms with Crippen LogP contribution in [0.3, 0.4) is 0 Å². The Bertz CT molecular complexity index is 1190. The molecule has 31 heavy (non-hydrogen) atoms. The van der Waals surface area contributed by atoms with Crippen LogP contribution in [0.4, 0.5) is 5.69 Å². The lowest BCUT2D eigenvalue weighted by molar-refractivity contribution is -0.128. The molecule has 0 saturated carbocycles. The minimum absolute atomic E-state index is 0.0254. The number of para-hydroxylation sites is 2. The SMILES string of the molecule is COc1ccc(-c2noc(CNC(=O)[C@@H]3CN(S(C)(=O)=O)c4ccccc4O3)n2)cc1. The van der Waals surface area contributed by atoms with Gasteiger partial charge in [-0.05, 0) is 36.4 Å². The fraction of sp³-hybridized carbons (Fsp3) is 0.250. The number of sulfonamides is 1. The summed E-state index contributed by atoms with van der Waals surface area (Å²) < 4.78 is 41.5. The average molecular weight is 444 g/mol. The van der Waals surface area contributed by atoms with Gasteiger partial charge in [-0.15, -0.1) is 0 Å². The lowest BCUT2D eigenvalue weighted by Crippen LogP contribution is -2.50. The molecule has 1 atom stereocenters. The Labute approximate surface area is 178 Å². The second-order valence-electron chi connectivity index (χ2n) is 6.83. The summed E-state index contributed by atoms with van der Waals surface area (Å²) in [5.74, 6) is 1.11. The van der Waals surface area contributed by atoms with E-state index in [1.54, 1.807) is 55.6 Å². The number of amides is 1. The normalized spacial score (nSPS) is 15.7. The molecule has 0 aliphatic carbocycles. The Hall–Kier alpha value is -3.60. The zero-order valence-corrected chi connectivity index (χ0v) is 17.6. The number of rotatable bonds is 6. The van der Waals surface area contributed by atoms with Crippen molar-refractivity contribution >= 4 is 21.6 Å². The molecule has 3 aromatic rings. The molecule has 1 aliphatic rings. The number of nitrogens with zero attached hydrogens (tertiary/aromatic N) is 3. The predicted molar refractivity (Wildman–Crippen MR) is 111 cm³/mol. The number of nitrogens with one attached hydrogen (secondary N) is 1. The van der Waals surface area contributed by atoms with E-state index in [1.165, 1.54) is 0 Å². The molecule has 0 spiro atoms. The number of fused-ring (bicyclic) bond motifs is 1. The van der Waals surface area contributed by atoms with Crippen molar-refractivity contribution in [1.82, 2.24) is 15.5 Å². The number of ether oxygens (including phenoxy) is 2. The summed E-state index contributed by atoms with van der Waals surface area (Å²) in [5, 5.41) is 6.56. The van der Waals surface area contributed by atoms with Crippen LogP contribution in [0, 0.1) is 0 Å². The number of aromatic nitrogens is 2. The Kier molecular flexibility index (Phi) is 5.51. The second kappa shape index (κ2) is 8.26. The molecule has 0 saturated heterocycles. The number of hydrogen-bond acceptors (Lipinski definition) is 8. The van der Waals surface area contributed by atoms with Crippen LogP contribution in [-0.4, -0.2) is 50.5 Å². The van der Waals surface area contributed by atoms with Gasteiger partial charge in [-0.1, -0.05) is 17.3 Å².